The van der Waals surface area contributed by atoms with E-state index >= 15 is 0 Å². The number of aryl methyl sites for hydroxylation is 1. The molecule has 0 spiro atoms. The van der Waals surface area contributed by atoms with Crippen LogP contribution in [-0.4, -0.2) is 29.3 Å². The van der Waals surface area contributed by atoms with E-state index in [1.807, 2.05) is 104 Å². The lowest BCUT2D eigenvalue weighted by Crippen LogP contribution is -2.38. The average Bonchev–Trinajstić information content (AvgIpc) is 3.03. The van der Waals surface area contributed by atoms with Gasteiger partial charge in [-0.1, -0.05) is 97.1 Å². The maximum Gasteiger partial charge on any atom is 0.336 e. The molecule has 1 N–H and O–H groups in total. The van der Waals surface area contributed by atoms with Gasteiger partial charge in [0.1, 0.15) is 0 Å². The Bertz CT molecular complexity index is 1610. The summed E-state index contributed by atoms with van der Waals surface area (Å²) < 4.78 is 5.45. The number of ether oxygens (including phenoxy) is 1. The van der Waals surface area contributed by atoms with Crippen LogP contribution in [-0.2, 0) is 20.9 Å². The van der Waals surface area contributed by atoms with Crippen molar-refractivity contribution in [3.63, 3.8) is 0 Å². The van der Waals surface area contributed by atoms with Crippen LogP contribution in [0.2, 0.25) is 0 Å². The van der Waals surface area contributed by atoms with Crippen molar-refractivity contribution in [2.45, 2.75) is 45.7 Å². The van der Waals surface area contributed by atoms with E-state index in [2.05, 4.69) is 5.32 Å². The van der Waals surface area contributed by atoms with Crippen molar-refractivity contribution in [1.29, 1.82) is 0 Å². The molecule has 218 valence electrons. The van der Waals surface area contributed by atoms with Gasteiger partial charge in [-0.25, -0.2) is 4.79 Å². The summed E-state index contributed by atoms with van der Waals surface area (Å²) in [7, 11) is 0. The van der Waals surface area contributed by atoms with Gasteiger partial charge in [0, 0.05) is 23.6 Å². The van der Waals surface area contributed by atoms with Gasteiger partial charge in [0.05, 0.1) is 24.8 Å². The van der Waals surface area contributed by atoms with Crippen LogP contribution in [0.25, 0.3) is 0 Å². The lowest BCUT2D eigenvalue weighted by atomic mass is 9.81. The second-order valence-corrected chi connectivity index (χ2v) is 10.7. The van der Waals surface area contributed by atoms with Crippen LogP contribution in [0.3, 0.4) is 0 Å². The van der Waals surface area contributed by atoms with Gasteiger partial charge < -0.3 is 15.0 Å². The number of carbonyl (C=O) groups is 3. The Labute approximate surface area is 253 Å². The smallest absolute Gasteiger partial charge is 0.336 e. The van der Waals surface area contributed by atoms with Gasteiger partial charge >= 0.3 is 5.97 Å². The van der Waals surface area contributed by atoms with E-state index in [9.17, 15) is 14.4 Å². The van der Waals surface area contributed by atoms with Crippen molar-refractivity contribution in [3.05, 3.63) is 154 Å². The Balaban J connectivity index is 1.42. The van der Waals surface area contributed by atoms with E-state index in [1.165, 1.54) is 0 Å². The lowest BCUT2D eigenvalue weighted by Gasteiger charge is -2.35. The van der Waals surface area contributed by atoms with Crippen molar-refractivity contribution < 1.29 is 19.1 Å². The molecule has 0 bridgehead atoms. The fourth-order valence-corrected chi connectivity index (χ4v) is 5.78. The first-order chi connectivity index (χ1) is 20.9. The molecule has 1 aliphatic rings. The Kier molecular flexibility index (Phi) is 9.16. The predicted octanol–water partition coefficient (Wildman–Crippen LogP) is 6.87. The van der Waals surface area contributed by atoms with Crippen LogP contribution in [0.1, 0.15) is 70.4 Å². The number of rotatable bonds is 9. The van der Waals surface area contributed by atoms with Gasteiger partial charge in [-0.3, -0.25) is 9.59 Å². The van der Waals surface area contributed by atoms with Crippen LogP contribution >= 0.6 is 0 Å². The molecule has 0 fully saturated rings. The van der Waals surface area contributed by atoms with E-state index in [0.717, 1.165) is 27.8 Å². The van der Waals surface area contributed by atoms with Crippen molar-refractivity contribution in [1.82, 2.24) is 10.2 Å². The first-order valence-corrected chi connectivity index (χ1v) is 14.6. The molecule has 6 nitrogen and oxygen atoms in total. The lowest BCUT2D eigenvalue weighted by molar-refractivity contribution is -0.140. The Morgan fingerprint density at radius 2 is 1.49 bits per heavy atom. The Morgan fingerprint density at radius 3 is 2.12 bits per heavy atom. The third-order valence-corrected chi connectivity index (χ3v) is 7.95. The maximum absolute atomic E-state index is 13.6. The molecule has 43 heavy (non-hydrogen) atoms. The fourth-order valence-electron chi connectivity index (χ4n) is 5.78. The highest BCUT2D eigenvalue weighted by molar-refractivity contribution is 5.96. The minimum atomic E-state index is -0.410. The zero-order valence-corrected chi connectivity index (χ0v) is 24.7. The monoisotopic (exact) mass is 572 g/mol. The van der Waals surface area contributed by atoms with E-state index in [0.29, 0.717) is 16.8 Å². The third-order valence-electron chi connectivity index (χ3n) is 7.95. The summed E-state index contributed by atoms with van der Waals surface area (Å²) in [5.74, 6) is -1.09. The summed E-state index contributed by atoms with van der Waals surface area (Å²) in [5.41, 5.74) is 6.27. The standard InChI is InChI=1S/C37H36N2O4/c1-4-43-37(42)34-26(3)39(33(40)23-32(34)31-21-12-11-14-25(31)2)24-27-15-13-20-30(22-27)36(41)38-35(28-16-7-5-8-17-28)29-18-9-6-10-19-29/h5-22,32,35H,4,23-24H2,1-3H3,(H,38,41). The highest BCUT2D eigenvalue weighted by Gasteiger charge is 2.37. The number of benzene rings is 4. The molecule has 4 aromatic rings. The van der Waals surface area contributed by atoms with E-state index in [1.54, 1.807) is 30.9 Å². The number of esters is 1. The van der Waals surface area contributed by atoms with E-state index < -0.39 is 5.97 Å². The molecule has 1 unspecified atom stereocenters. The molecule has 0 saturated carbocycles. The number of hydrogen-bond acceptors (Lipinski definition) is 4. The minimum Gasteiger partial charge on any atom is -0.463 e. The molecule has 0 radical (unpaired) electrons. The summed E-state index contributed by atoms with van der Waals surface area (Å²) in [5, 5.41) is 3.19. The van der Waals surface area contributed by atoms with Crippen molar-refractivity contribution >= 4 is 17.8 Å². The highest BCUT2D eigenvalue weighted by Crippen LogP contribution is 2.39. The van der Waals surface area contributed by atoms with E-state index in [-0.39, 0.29) is 43.3 Å². The number of nitrogens with one attached hydrogen (secondary N) is 1. The number of hydrogen-bond donors (Lipinski definition) is 1. The maximum atomic E-state index is 13.6. The van der Waals surface area contributed by atoms with Crippen molar-refractivity contribution in [3.8, 4) is 0 Å². The largest absolute Gasteiger partial charge is 0.463 e. The summed E-state index contributed by atoms with van der Waals surface area (Å²) >= 11 is 0. The van der Waals surface area contributed by atoms with Crippen LogP contribution < -0.4 is 5.32 Å². The summed E-state index contributed by atoms with van der Waals surface area (Å²) in [6.07, 6.45) is 0.159. The number of nitrogens with zero attached hydrogens (tertiary/aromatic N) is 1. The second-order valence-electron chi connectivity index (χ2n) is 10.7. The second kappa shape index (κ2) is 13.3. The van der Waals surface area contributed by atoms with Gasteiger partial charge in [-0.05, 0) is 60.7 Å². The number of carbonyl (C=O) groups excluding carboxylic acids is 3. The van der Waals surface area contributed by atoms with E-state index in [4.69, 9.17) is 4.74 Å². The molecule has 1 heterocycles. The van der Waals surface area contributed by atoms with Crippen LogP contribution in [0, 0.1) is 6.92 Å². The zero-order chi connectivity index (χ0) is 30.3. The average molecular weight is 573 g/mol. The molecular formula is C37H36N2O4. The SMILES string of the molecule is CCOC(=O)C1=C(C)N(Cc2cccc(C(=O)NC(c3ccccc3)c3ccccc3)c2)C(=O)CC1c1ccccc1C. The van der Waals surface area contributed by atoms with Gasteiger partial charge in [0.15, 0.2) is 0 Å². The molecule has 1 atom stereocenters. The summed E-state index contributed by atoms with van der Waals surface area (Å²) in [6.45, 7) is 6.04. The third kappa shape index (κ3) is 6.59. The molecule has 0 aromatic heterocycles. The molecule has 0 saturated heterocycles. The Morgan fingerprint density at radius 1 is 0.860 bits per heavy atom. The highest BCUT2D eigenvalue weighted by atomic mass is 16.5. The van der Waals surface area contributed by atoms with Gasteiger partial charge in [0.25, 0.3) is 5.91 Å². The van der Waals surface area contributed by atoms with Gasteiger partial charge in [0.2, 0.25) is 5.91 Å². The molecule has 0 aliphatic carbocycles. The normalized spacial score (nSPS) is 15.0. The summed E-state index contributed by atoms with van der Waals surface area (Å²) in [4.78, 5) is 42.0. The van der Waals surface area contributed by atoms with Gasteiger partial charge in [-0.15, -0.1) is 0 Å². The van der Waals surface area contributed by atoms with Gasteiger partial charge in [-0.2, -0.15) is 0 Å². The van der Waals surface area contributed by atoms with Crippen LogP contribution in [0.5, 0.6) is 0 Å². The van der Waals surface area contributed by atoms with Crippen molar-refractivity contribution in [2.24, 2.45) is 0 Å². The molecule has 4 aromatic carbocycles. The number of allylic oxidation sites excluding steroid dienone is 1. The topological polar surface area (TPSA) is 75.7 Å². The zero-order valence-electron chi connectivity index (χ0n) is 24.7. The van der Waals surface area contributed by atoms with Crippen LogP contribution in [0.4, 0.5) is 0 Å². The molecular weight excluding hydrogens is 536 g/mol. The minimum absolute atomic E-state index is 0.0816. The first kappa shape index (κ1) is 29.5. The quantitative estimate of drug-likeness (QED) is 0.222. The molecule has 6 heteroatoms. The van der Waals surface area contributed by atoms with Crippen molar-refractivity contribution in [2.75, 3.05) is 6.61 Å². The Hall–Kier alpha value is -4.97. The first-order valence-electron chi connectivity index (χ1n) is 14.6. The molecule has 2 amide bonds. The van der Waals surface area contributed by atoms with Crippen LogP contribution in [0.15, 0.2) is 120 Å². The molecule has 1 aliphatic heterocycles. The fraction of sp³-hybridized carbons (Fsp3) is 0.216. The predicted molar refractivity (Wildman–Crippen MR) is 167 cm³/mol. The number of amides is 2. The molecule has 5 rings (SSSR count). The summed E-state index contributed by atoms with van der Waals surface area (Å²) in [6, 6.07) is 34.5.